The van der Waals surface area contributed by atoms with Gasteiger partial charge in [0.15, 0.2) is 11.6 Å². The van der Waals surface area contributed by atoms with Gasteiger partial charge in [0.2, 0.25) is 5.91 Å². The van der Waals surface area contributed by atoms with E-state index in [2.05, 4.69) is 4.98 Å². The van der Waals surface area contributed by atoms with E-state index in [-0.39, 0.29) is 30.1 Å². The van der Waals surface area contributed by atoms with Crippen LogP contribution in [-0.4, -0.2) is 45.5 Å². The van der Waals surface area contributed by atoms with Crippen LogP contribution in [0.2, 0.25) is 0 Å². The molecule has 152 valence electrons. The van der Waals surface area contributed by atoms with Crippen molar-refractivity contribution in [2.45, 2.75) is 45.4 Å². The van der Waals surface area contributed by atoms with Crippen molar-refractivity contribution >= 4 is 17.6 Å². The molecular formula is C22H24FN3O3. The molecule has 2 fully saturated rings. The Balaban J connectivity index is 1.65. The fourth-order valence-electron chi connectivity index (χ4n) is 4.08. The number of aliphatic hydroxyl groups excluding tert-OH is 1. The van der Waals surface area contributed by atoms with Gasteiger partial charge in [0.05, 0.1) is 6.10 Å². The number of anilines is 1. The number of halogens is 1. The van der Waals surface area contributed by atoms with Crippen molar-refractivity contribution in [3.63, 3.8) is 0 Å². The normalized spacial score (nSPS) is 24.6. The van der Waals surface area contributed by atoms with Crippen LogP contribution in [0.15, 0.2) is 36.5 Å². The average Bonchev–Trinajstić information content (AvgIpc) is 2.65. The summed E-state index contributed by atoms with van der Waals surface area (Å²) in [6, 6.07) is 8.38. The summed E-state index contributed by atoms with van der Waals surface area (Å²) in [6.07, 6.45) is 1.92. The second-order valence-electron chi connectivity index (χ2n) is 8.08. The molecule has 2 heterocycles. The smallest absolute Gasteiger partial charge is 0.251 e. The molecule has 6 nitrogen and oxygen atoms in total. The number of aryl methyl sites for hydroxylation is 2. The van der Waals surface area contributed by atoms with Crippen LogP contribution in [0.3, 0.4) is 0 Å². The summed E-state index contributed by atoms with van der Waals surface area (Å²) < 4.78 is 14.5. The second-order valence-corrected chi connectivity index (χ2v) is 8.08. The summed E-state index contributed by atoms with van der Waals surface area (Å²) in [7, 11) is 0. The molecule has 0 radical (unpaired) electrons. The molecule has 0 bridgehead atoms. The Morgan fingerprint density at radius 2 is 1.83 bits per heavy atom. The van der Waals surface area contributed by atoms with Crippen molar-refractivity contribution in [3.05, 3.63) is 59.0 Å². The fourth-order valence-corrected chi connectivity index (χ4v) is 4.08. The zero-order chi connectivity index (χ0) is 20.7. The van der Waals surface area contributed by atoms with Crippen molar-refractivity contribution in [3.8, 4) is 0 Å². The first-order valence-corrected chi connectivity index (χ1v) is 9.80. The zero-order valence-electron chi connectivity index (χ0n) is 16.5. The minimum absolute atomic E-state index is 0.117. The molecular weight excluding hydrogens is 373 g/mol. The Bertz CT molecular complexity index is 941. The van der Waals surface area contributed by atoms with Gasteiger partial charge >= 0.3 is 0 Å². The van der Waals surface area contributed by atoms with Crippen molar-refractivity contribution in [1.29, 1.82) is 0 Å². The number of pyridine rings is 1. The number of benzene rings is 1. The average molecular weight is 397 g/mol. The SMILES string of the molecule is Cc1ccc(CN2C(=O)CN(c3ncc(C)cc3F)C(=O)[C@H]2C2CC(O)C2)cc1. The molecule has 1 aromatic carbocycles. The van der Waals surface area contributed by atoms with Crippen LogP contribution >= 0.6 is 0 Å². The molecule has 1 saturated carbocycles. The highest BCUT2D eigenvalue weighted by molar-refractivity contribution is 6.06. The third-order valence-electron chi connectivity index (χ3n) is 5.75. The Morgan fingerprint density at radius 1 is 1.14 bits per heavy atom. The molecule has 7 heteroatoms. The van der Waals surface area contributed by atoms with Crippen molar-refractivity contribution in [2.75, 3.05) is 11.4 Å². The number of aliphatic hydroxyl groups is 1. The topological polar surface area (TPSA) is 73.7 Å². The second kappa shape index (κ2) is 7.55. The number of nitrogens with zero attached hydrogens (tertiary/aromatic N) is 3. The van der Waals surface area contributed by atoms with E-state index in [4.69, 9.17) is 0 Å². The van der Waals surface area contributed by atoms with E-state index in [1.54, 1.807) is 11.8 Å². The molecule has 29 heavy (non-hydrogen) atoms. The predicted octanol–water partition coefficient (Wildman–Crippen LogP) is 2.35. The number of piperazine rings is 1. The van der Waals surface area contributed by atoms with Crippen molar-refractivity contribution < 1.29 is 19.1 Å². The van der Waals surface area contributed by atoms with Gasteiger partial charge in [-0.05, 0) is 49.8 Å². The van der Waals surface area contributed by atoms with E-state index in [0.717, 1.165) is 16.0 Å². The van der Waals surface area contributed by atoms with Crippen LogP contribution in [0.25, 0.3) is 0 Å². The van der Waals surface area contributed by atoms with Gasteiger partial charge in [-0.25, -0.2) is 9.37 Å². The molecule has 1 aromatic heterocycles. The highest BCUT2D eigenvalue weighted by Gasteiger charge is 2.48. The lowest BCUT2D eigenvalue weighted by molar-refractivity contribution is -0.149. The number of carbonyl (C=O) groups is 2. The van der Waals surface area contributed by atoms with Crippen LogP contribution in [0.1, 0.15) is 29.5 Å². The lowest BCUT2D eigenvalue weighted by Crippen LogP contribution is -2.64. The van der Waals surface area contributed by atoms with Crippen LogP contribution < -0.4 is 4.90 Å². The quantitative estimate of drug-likeness (QED) is 0.860. The third kappa shape index (κ3) is 3.74. The Labute approximate surface area is 169 Å². The maximum Gasteiger partial charge on any atom is 0.251 e. The van der Waals surface area contributed by atoms with E-state index in [1.807, 2.05) is 31.2 Å². The summed E-state index contributed by atoms with van der Waals surface area (Å²) in [4.78, 5) is 33.2. The lowest BCUT2D eigenvalue weighted by atomic mass is 9.75. The van der Waals surface area contributed by atoms with Crippen LogP contribution in [0.5, 0.6) is 0 Å². The number of aromatic nitrogens is 1. The fraction of sp³-hybridized carbons (Fsp3) is 0.409. The Morgan fingerprint density at radius 3 is 2.45 bits per heavy atom. The minimum Gasteiger partial charge on any atom is -0.393 e. The van der Waals surface area contributed by atoms with Crippen LogP contribution in [0.4, 0.5) is 10.2 Å². The van der Waals surface area contributed by atoms with Gasteiger partial charge in [0.25, 0.3) is 5.91 Å². The third-order valence-corrected chi connectivity index (χ3v) is 5.75. The number of amides is 2. The van der Waals surface area contributed by atoms with Gasteiger partial charge in [0.1, 0.15) is 12.6 Å². The standard InChI is InChI=1S/C22H24FN3O3/c1-13-3-5-15(6-4-13)11-25-19(28)12-26(21-18(23)7-14(2)10-24-21)22(29)20(25)16-8-17(27)9-16/h3-7,10,16-17,20,27H,8-9,11-12H2,1-2H3/t16?,17?,20-/m1/s1. The number of hydrogen-bond acceptors (Lipinski definition) is 4. The van der Waals surface area contributed by atoms with E-state index >= 15 is 0 Å². The molecule has 2 amide bonds. The molecule has 1 N–H and O–H groups in total. The summed E-state index contributed by atoms with van der Waals surface area (Å²) in [5.74, 6) is -1.48. The van der Waals surface area contributed by atoms with E-state index in [1.165, 1.54) is 12.3 Å². The van der Waals surface area contributed by atoms with Gasteiger partial charge in [-0.3, -0.25) is 14.5 Å². The maximum absolute atomic E-state index is 14.5. The monoisotopic (exact) mass is 397 g/mol. The Kier molecular flexibility index (Phi) is 5.08. The molecule has 1 atom stereocenters. The minimum atomic E-state index is -0.733. The lowest BCUT2D eigenvalue weighted by Gasteiger charge is -2.47. The number of carbonyl (C=O) groups excluding carboxylic acids is 2. The van der Waals surface area contributed by atoms with Gasteiger partial charge in [-0.15, -0.1) is 0 Å². The highest BCUT2D eigenvalue weighted by atomic mass is 19.1. The Hall–Kier alpha value is -2.80. The molecule has 4 rings (SSSR count). The molecule has 0 spiro atoms. The predicted molar refractivity (Wildman–Crippen MR) is 106 cm³/mol. The molecule has 2 aliphatic rings. The summed E-state index contributed by atoms with van der Waals surface area (Å²) in [5, 5.41) is 9.76. The van der Waals surface area contributed by atoms with Gasteiger partial charge < -0.3 is 10.0 Å². The van der Waals surface area contributed by atoms with Gasteiger partial charge in [0, 0.05) is 12.7 Å². The van der Waals surface area contributed by atoms with Crippen LogP contribution in [0, 0.1) is 25.6 Å². The van der Waals surface area contributed by atoms with Gasteiger partial charge in [-0.2, -0.15) is 0 Å². The first-order chi connectivity index (χ1) is 13.8. The molecule has 1 saturated heterocycles. The number of hydrogen-bond donors (Lipinski definition) is 1. The molecule has 1 aliphatic carbocycles. The van der Waals surface area contributed by atoms with E-state index in [9.17, 15) is 19.1 Å². The highest BCUT2D eigenvalue weighted by Crippen LogP contribution is 2.37. The van der Waals surface area contributed by atoms with Crippen molar-refractivity contribution in [1.82, 2.24) is 9.88 Å². The van der Waals surface area contributed by atoms with Crippen molar-refractivity contribution in [2.24, 2.45) is 5.92 Å². The molecule has 2 aromatic rings. The van der Waals surface area contributed by atoms with Crippen LogP contribution in [-0.2, 0) is 16.1 Å². The van der Waals surface area contributed by atoms with E-state index in [0.29, 0.717) is 24.9 Å². The maximum atomic E-state index is 14.5. The summed E-state index contributed by atoms with van der Waals surface area (Å²) >= 11 is 0. The van der Waals surface area contributed by atoms with Gasteiger partial charge in [-0.1, -0.05) is 29.8 Å². The molecule has 0 unspecified atom stereocenters. The number of rotatable bonds is 4. The first-order valence-electron chi connectivity index (χ1n) is 9.80. The largest absolute Gasteiger partial charge is 0.393 e. The zero-order valence-corrected chi connectivity index (χ0v) is 16.5. The van der Waals surface area contributed by atoms with E-state index < -0.39 is 18.0 Å². The first kappa shape index (κ1) is 19.5. The summed E-state index contributed by atoms with van der Waals surface area (Å²) in [5.41, 5.74) is 2.68. The molecule has 1 aliphatic heterocycles. The summed E-state index contributed by atoms with van der Waals surface area (Å²) in [6.45, 7) is 3.76.